The van der Waals surface area contributed by atoms with Crippen LogP contribution in [0.3, 0.4) is 0 Å². The van der Waals surface area contributed by atoms with Gasteiger partial charge in [0, 0.05) is 82.0 Å². The summed E-state index contributed by atoms with van der Waals surface area (Å²) in [6, 6.07) is 14.6. The molecule has 0 spiro atoms. The number of amides is 5. The molecule has 6 rings (SSSR count). The van der Waals surface area contributed by atoms with Crippen LogP contribution in [0.1, 0.15) is 99.9 Å². The number of aromatic nitrogens is 5. The Balaban J connectivity index is 0.960. The maximum absolute atomic E-state index is 13.7. The molecule has 1 fully saturated rings. The van der Waals surface area contributed by atoms with E-state index >= 15 is 0 Å². The molecule has 1 aliphatic rings. The van der Waals surface area contributed by atoms with Crippen LogP contribution in [0.15, 0.2) is 83.3 Å². The standard InChI is InChI=1S/C67H92N16O21S3/c1-67(44-11-17-49(84)18-12-44,45-13-19-50(85)20-14-45)23-21-55(87)73-52(62(97)98)37-57(89)74-53(63(99)100)38-56(88)72-51(7-2-3-28-83-39-47(76-79-83)6-4-8-54(86)75-65-77-78-66(106-65)107(68,101)102)61(96)69-24-32-103-34-35-104-33-25-70-64(105)71-46-15-9-43(10-16-46)36-48-22-29-80(40-58(90)91)26-5-27-81(41-59(92)93)30-31-82(48)42-60(94)95/h9-20,39,48,51-53,84-85H,2-8,21-38,40-42H2,1H3,(H,69,96)(H,72,88)(H,73,87)(H,74,89)(H,90,91)(H,92,93)(H,94,95)(H,97,98)(H,99,100)(H2,68,101,102)(H2,70,71,105)(H,75,77,86)/t48?,51-,52-,53-/m0/s1. The van der Waals surface area contributed by atoms with E-state index in [-0.39, 0.29) is 101 Å². The number of primary sulfonamides is 1. The monoisotopic (exact) mass is 1550 g/mol. The molecule has 5 aromatic rings. The fourth-order valence-corrected chi connectivity index (χ4v) is 13.2. The number of carboxylic acid groups (broad SMARTS) is 5. The number of nitrogens with two attached hydrogens (primary N) is 1. The largest absolute Gasteiger partial charge is 0.508 e. The highest BCUT2D eigenvalue weighted by molar-refractivity contribution is 7.91. The zero-order chi connectivity index (χ0) is 78.1. The quantitative estimate of drug-likeness (QED) is 0.0143. The molecule has 5 amide bonds. The molecule has 3 aromatic carbocycles. The maximum atomic E-state index is 13.7. The topological polar surface area (TPSA) is 541 Å². The molecule has 584 valence electrons. The van der Waals surface area contributed by atoms with Crippen molar-refractivity contribution >= 4 is 109 Å². The van der Waals surface area contributed by atoms with Crippen molar-refractivity contribution in [2.45, 2.75) is 131 Å². The predicted octanol–water partition coefficient (Wildman–Crippen LogP) is 0.511. The lowest BCUT2D eigenvalue weighted by atomic mass is 9.73. The Morgan fingerprint density at radius 3 is 1.76 bits per heavy atom. The summed E-state index contributed by atoms with van der Waals surface area (Å²) in [5, 5.41) is 108. The number of sulfonamides is 1. The summed E-state index contributed by atoms with van der Waals surface area (Å²) < 4.78 is 35.4. The number of hydrogen-bond acceptors (Lipinski definition) is 25. The van der Waals surface area contributed by atoms with E-state index in [4.69, 9.17) is 26.8 Å². The minimum atomic E-state index is -4.09. The minimum absolute atomic E-state index is 0.00308. The Morgan fingerprint density at radius 2 is 1.20 bits per heavy atom. The van der Waals surface area contributed by atoms with Crippen LogP contribution in [0.25, 0.3) is 0 Å². The van der Waals surface area contributed by atoms with Crippen molar-refractivity contribution in [1.82, 2.24) is 66.5 Å². The highest BCUT2D eigenvalue weighted by atomic mass is 32.2. The third-order valence-corrected chi connectivity index (χ3v) is 19.5. The zero-order valence-corrected chi connectivity index (χ0v) is 61.3. The number of nitrogens with one attached hydrogen (secondary N) is 7. The van der Waals surface area contributed by atoms with Crippen molar-refractivity contribution in [2.24, 2.45) is 5.14 Å². The lowest BCUT2D eigenvalue weighted by Gasteiger charge is -2.33. The molecule has 37 nitrogen and oxygen atoms in total. The molecule has 0 saturated carbocycles. The number of aryl methyl sites for hydroxylation is 2. The van der Waals surface area contributed by atoms with Gasteiger partial charge in [0.15, 0.2) is 5.11 Å². The van der Waals surface area contributed by atoms with Gasteiger partial charge in [-0.3, -0.25) is 57.7 Å². The lowest BCUT2D eigenvalue weighted by Crippen LogP contribution is -2.51. The van der Waals surface area contributed by atoms with Gasteiger partial charge in [0.1, 0.15) is 29.6 Å². The second kappa shape index (κ2) is 43.6. The summed E-state index contributed by atoms with van der Waals surface area (Å²) in [6.07, 6.45) is 2.56. The van der Waals surface area contributed by atoms with E-state index in [9.17, 15) is 92.1 Å². The molecule has 16 N–H and O–H groups in total. The predicted molar refractivity (Wildman–Crippen MR) is 388 cm³/mol. The van der Waals surface area contributed by atoms with Gasteiger partial charge in [0.05, 0.1) is 64.6 Å². The van der Waals surface area contributed by atoms with Gasteiger partial charge in [-0.25, -0.2) is 23.1 Å². The molecule has 0 bridgehead atoms. The molecule has 1 saturated heterocycles. The van der Waals surface area contributed by atoms with E-state index in [1.165, 1.54) is 24.3 Å². The minimum Gasteiger partial charge on any atom is -0.508 e. The Labute approximate surface area is 625 Å². The number of carbonyl (C=O) groups excluding carboxylic acids is 5. The number of carbonyl (C=O) groups is 10. The average Bonchev–Trinajstić information content (AvgIpc) is 1.42. The first-order valence-corrected chi connectivity index (χ1v) is 37.1. The van der Waals surface area contributed by atoms with Crippen LogP contribution in [0.4, 0.5) is 10.8 Å². The van der Waals surface area contributed by atoms with Gasteiger partial charge in [-0.2, -0.15) is 0 Å². The zero-order valence-electron chi connectivity index (χ0n) is 58.8. The highest BCUT2D eigenvalue weighted by Gasteiger charge is 2.34. The van der Waals surface area contributed by atoms with Crippen molar-refractivity contribution in [2.75, 3.05) is 103 Å². The molecule has 107 heavy (non-hydrogen) atoms. The molecule has 40 heteroatoms. The number of aromatic hydroxyl groups is 2. The van der Waals surface area contributed by atoms with Gasteiger partial charge in [0.25, 0.3) is 10.0 Å². The van der Waals surface area contributed by atoms with E-state index in [0.29, 0.717) is 130 Å². The lowest BCUT2D eigenvalue weighted by molar-refractivity contribution is -0.145. The van der Waals surface area contributed by atoms with Crippen LogP contribution < -0.4 is 42.4 Å². The number of unbranched alkanes of at least 4 members (excludes halogenated alkanes) is 1. The Bertz CT molecular complexity index is 3860. The first-order valence-electron chi connectivity index (χ1n) is 34.3. The number of carboxylic acids is 5. The van der Waals surface area contributed by atoms with E-state index in [2.05, 4.69) is 57.7 Å². The number of ether oxygens (including phenoxy) is 2. The average molecular weight is 1550 g/mol. The summed E-state index contributed by atoms with van der Waals surface area (Å²) in [5.41, 5.74) is 2.58. The smallest absolute Gasteiger partial charge is 0.326 e. The fourth-order valence-electron chi connectivity index (χ4n) is 11.6. The van der Waals surface area contributed by atoms with Crippen molar-refractivity contribution in [3.8, 4) is 11.5 Å². The van der Waals surface area contributed by atoms with Crippen molar-refractivity contribution < 1.29 is 102 Å². The van der Waals surface area contributed by atoms with E-state index in [1.54, 1.807) is 49.8 Å². The van der Waals surface area contributed by atoms with Gasteiger partial charge in [-0.1, -0.05) is 59.9 Å². The van der Waals surface area contributed by atoms with Gasteiger partial charge in [-0.05, 0) is 130 Å². The Morgan fingerprint density at radius 1 is 0.636 bits per heavy atom. The van der Waals surface area contributed by atoms with Crippen LogP contribution in [-0.4, -0.2) is 265 Å². The molecule has 0 radical (unpaired) electrons. The number of thiocarbonyl (C=S) groups is 1. The highest BCUT2D eigenvalue weighted by Crippen LogP contribution is 2.38. The molecular formula is C67H92N16O21S3. The van der Waals surface area contributed by atoms with Gasteiger partial charge in [-0.15, -0.1) is 15.3 Å². The van der Waals surface area contributed by atoms with Crippen LogP contribution in [0.2, 0.25) is 0 Å². The summed E-state index contributed by atoms with van der Waals surface area (Å²) in [7, 11) is -4.09. The Hall–Kier alpha value is -9.94. The van der Waals surface area contributed by atoms with E-state index < -0.39 is 110 Å². The normalized spacial score (nSPS) is 14.9. The summed E-state index contributed by atoms with van der Waals surface area (Å²) >= 11 is 6.09. The van der Waals surface area contributed by atoms with E-state index in [1.807, 2.05) is 31.2 Å². The maximum Gasteiger partial charge on any atom is 0.326 e. The number of nitrogens with zero attached hydrogens (tertiary/aromatic N) is 8. The SMILES string of the molecule is CC(CCC(=O)N[C@@H](CC(=O)N[C@@H](CC(=O)N[C@@H](CCCCn1cc(CCCC(=O)Nc2nnc(S(N)(=O)=O)s2)nn1)C(=O)NCCOCCOCCNC(=S)Nc1ccc(CC2CCN(CC(=O)O)CCCN(CC(=O)O)CCN2CC(=O)O)cc1)C(=O)O)C(=O)O)(c1ccc(O)cc1)c1ccc(O)cc1. The number of rotatable bonds is 44. The molecule has 3 heterocycles. The number of phenols is 2. The number of aliphatic carboxylic acids is 5. The molecule has 1 unspecified atom stereocenters. The van der Waals surface area contributed by atoms with Crippen LogP contribution in [0, 0.1) is 0 Å². The van der Waals surface area contributed by atoms with Crippen molar-refractivity contribution in [3.63, 3.8) is 0 Å². The molecule has 0 aliphatic carbocycles. The number of anilines is 2. The second-order valence-electron chi connectivity index (χ2n) is 25.5. The van der Waals surface area contributed by atoms with Crippen LogP contribution in [-0.2, 0) is 92.2 Å². The van der Waals surface area contributed by atoms with Gasteiger partial charge < -0.3 is 82.4 Å². The summed E-state index contributed by atoms with van der Waals surface area (Å²) in [5.74, 6) is -10.3. The second-order valence-corrected chi connectivity index (χ2v) is 28.6. The third-order valence-electron chi connectivity index (χ3n) is 17.1. The third kappa shape index (κ3) is 31.6. The number of phenolic OH excluding ortho intramolecular Hbond substituents is 2. The molecule has 2 aromatic heterocycles. The molecular weight excluding hydrogens is 1460 g/mol. The van der Waals surface area contributed by atoms with Crippen LogP contribution >= 0.6 is 23.6 Å². The first kappa shape index (κ1) is 86.0. The van der Waals surface area contributed by atoms with Gasteiger partial charge >= 0.3 is 29.8 Å². The molecule has 4 atom stereocenters. The van der Waals surface area contributed by atoms with Crippen molar-refractivity contribution in [3.05, 3.63) is 101 Å². The Kier molecular flexibility index (Phi) is 35.1. The molecule has 1 aliphatic heterocycles. The fraction of sp³-hybridized carbons (Fsp3) is 0.507. The summed E-state index contributed by atoms with van der Waals surface area (Å²) in [6.45, 7) is 4.03. The van der Waals surface area contributed by atoms with E-state index in [0.717, 1.165) is 5.56 Å². The first-order chi connectivity index (χ1) is 50.9. The summed E-state index contributed by atoms with van der Waals surface area (Å²) in [4.78, 5) is 132. The van der Waals surface area contributed by atoms with Crippen molar-refractivity contribution in [1.29, 1.82) is 0 Å². The van der Waals surface area contributed by atoms with Gasteiger partial charge in [0.2, 0.25) is 39.0 Å². The van der Waals surface area contributed by atoms with Crippen LogP contribution in [0.5, 0.6) is 11.5 Å². The number of benzene rings is 3. The number of hydrogen-bond donors (Lipinski definition) is 15.